The van der Waals surface area contributed by atoms with E-state index in [2.05, 4.69) is 25.2 Å². The van der Waals surface area contributed by atoms with Crippen LogP contribution in [0.25, 0.3) is 0 Å². The van der Waals surface area contributed by atoms with E-state index < -0.39 is 0 Å². The third-order valence-electron chi connectivity index (χ3n) is 3.09. The molecule has 0 amide bonds. The van der Waals surface area contributed by atoms with Gasteiger partial charge in [0.25, 0.3) is 0 Å². The smallest absolute Gasteiger partial charge is 0.109 e. The van der Waals surface area contributed by atoms with Crippen LogP contribution in [0.2, 0.25) is 0 Å². The maximum atomic E-state index is 9.30. The normalized spacial score (nSPS) is 28.5. The molecule has 0 bridgehead atoms. The largest absolute Gasteiger partial charge is 0.385 e. The van der Waals surface area contributed by atoms with Crippen molar-refractivity contribution in [3.63, 3.8) is 0 Å². The molecule has 2 unspecified atom stereocenters. The van der Waals surface area contributed by atoms with Crippen molar-refractivity contribution in [1.29, 1.82) is 5.26 Å². The minimum absolute atomic E-state index is 0.220. The summed E-state index contributed by atoms with van der Waals surface area (Å²) in [6.45, 7) is 5.61. The van der Waals surface area contributed by atoms with Gasteiger partial charge in [0.2, 0.25) is 0 Å². The molecular formula is C13H24N2O2. The molecular weight excluding hydrogens is 216 g/mol. The molecule has 1 aliphatic rings. The summed E-state index contributed by atoms with van der Waals surface area (Å²) in [6, 6.07) is 2.76. The first-order valence-corrected chi connectivity index (χ1v) is 6.41. The lowest BCUT2D eigenvalue weighted by molar-refractivity contribution is 0.0407. The molecule has 2 atom stereocenters. The Morgan fingerprint density at radius 1 is 1.47 bits per heavy atom. The van der Waals surface area contributed by atoms with Crippen LogP contribution in [0, 0.1) is 11.3 Å². The summed E-state index contributed by atoms with van der Waals surface area (Å²) >= 11 is 0. The van der Waals surface area contributed by atoms with Gasteiger partial charge in [0.1, 0.15) is 5.54 Å². The monoisotopic (exact) mass is 240 g/mol. The van der Waals surface area contributed by atoms with Gasteiger partial charge in [-0.15, -0.1) is 0 Å². The van der Waals surface area contributed by atoms with Crippen LogP contribution in [0.5, 0.6) is 0 Å². The second-order valence-corrected chi connectivity index (χ2v) is 5.07. The SMILES string of the molecule is COCCCOC1CCC(C#N)(NC(C)C)C1. The van der Waals surface area contributed by atoms with Crippen LogP contribution in [0.15, 0.2) is 0 Å². The molecule has 0 aliphatic heterocycles. The zero-order valence-electron chi connectivity index (χ0n) is 11.2. The van der Waals surface area contributed by atoms with Crippen LogP contribution in [-0.4, -0.2) is 38.0 Å². The number of hydrogen-bond donors (Lipinski definition) is 1. The zero-order chi connectivity index (χ0) is 12.7. The third-order valence-corrected chi connectivity index (χ3v) is 3.09. The molecule has 1 N–H and O–H groups in total. The Balaban J connectivity index is 2.32. The molecule has 0 heterocycles. The van der Waals surface area contributed by atoms with Crippen LogP contribution in [0.4, 0.5) is 0 Å². The fourth-order valence-corrected chi connectivity index (χ4v) is 2.41. The average molecular weight is 240 g/mol. The number of hydrogen-bond acceptors (Lipinski definition) is 4. The minimum Gasteiger partial charge on any atom is -0.385 e. The summed E-state index contributed by atoms with van der Waals surface area (Å²) in [6.07, 6.45) is 3.80. The highest BCUT2D eigenvalue weighted by Crippen LogP contribution is 2.32. The summed E-state index contributed by atoms with van der Waals surface area (Å²) in [7, 11) is 1.70. The van der Waals surface area contributed by atoms with Gasteiger partial charge < -0.3 is 9.47 Å². The van der Waals surface area contributed by atoms with Crippen molar-refractivity contribution in [3.8, 4) is 6.07 Å². The predicted octanol–water partition coefficient (Wildman–Crippen LogP) is 1.85. The summed E-state index contributed by atoms with van der Waals surface area (Å²) < 4.78 is 10.7. The number of nitrogens with one attached hydrogen (secondary N) is 1. The summed E-state index contributed by atoms with van der Waals surface area (Å²) in [5, 5.41) is 12.7. The zero-order valence-corrected chi connectivity index (χ0v) is 11.2. The Labute approximate surface area is 104 Å². The number of ether oxygens (including phenoxy) is 2. The lowest BCUT2D eigenvalue weighted by Gasteiger charge is -2.25. The Kier molecular flexibility index (Phi) is 5.90. The number of methoxy groups -OCH3 is 1. The van der Waals surface area contributed by atoms with Crippen molar-refractivity contribution in [2.24, 2.45) is 0 Å². The first kappa shape index (κ1) is 14.4. The third kappa shape index (κ3) is 4.63. The van der Waals surface area contributed by atoms with Gasteiger partial charge in [-0.2, -0.15) is 5.26 Å². The molecule has 1 rings (SSSR count). The lowest BCUT2D eigenvalue weighted by Crippen LogP contribution is -2.45. The fraction of sp³-hybridized carbons (Fsp3) is 0.923. The predicted molar refractivity (Wildman–Crippen MR) is 66.7 cm³/mol. The van der Waals surface area contributed by atoms with Crippen molar-refractivity contribution < 1.29 is 9.47 Å². The summed E-state index contributed by atoms with van der Waals surface area (Å²) in [5.41, 5.74) is -0.375. The second-order valence-electron chi connectivity index (χ2n) is 5.07. The van der Waals surface area contributed by atoms with Gasteiger partial charge in [-0.1, -0.05) is 0 Å². The fourth-order valence-electron chi connectivity index (χ4n) is 2.41. The molecule has 4 heteroatoms. The molecule has 17 heavy (non-hydrogen) atoms. The molecule has 0 saturated heterocycles. The summed E-state index contributed by atoms with van der Waals surface area (Å²) in [4.78, 5) is 0. The molecule has 0 aromatic heterocycles. The van der Waals surface area contributed by atoms with E-state index in [1.54, 1.807) is 7.11 Å². The molecule has 0 aromatic rings. The van der Waals surface area contributed by atoms with Crippen molar-refractivity contribution >= 4 is 0 Å². The van der Waals surface area contributed by atoms with Gasteiger partial charge in [0, 0.05) is 32.8 Å². The van der Waals surface area contributed by atoms with Gasteiger partial charge in [-0.05, 0) is 33.1 Å². The molecule has 1 saturated carbocycles. The van der Waals surface area contributed by atoms with Crippen molar-refractivity contribution in [1.82, 2.24) is 5.32 Å². The van der Waals surface area contributed by atoms with Crippen LogP contribution in [0.1, 0.15) is 39.5 Å². The van der Waals surface area contributed by atoms with E-state index in [1.165, 1.54) is 0 Å². The maximum Gasteiger partial charge on any atom is 0.109 e. The van der Waals surface area contributed by atoms with Crippen LogP contribution < -0.4 is 5.32 Å². The molecule has 0 radical (unpaired) electrons. The van der Waals surface area contributed by atoms with E-state index in [1.807, 2.05) is 0 Å². The Bertz CT molecular complexity index is 263. The number of nitriles is 1. The first-order valence-electron chi connectivity index (χ1n) is 6.41. The van der Waals surface area contributed by atoms with E-state index in [0.717, 1.165) is 38.9 Å². The standard InChI is InChI=1S/C13H24N2O2/c1-11(2)15-13(10-14)6-5-12(9-13)17-8-4-7-16-3/h11-12,15H,4-9H2,1-3H3. The highest BCUT2D eigenvalue weighted by molar-refractivity contribution is 5.12. The van der Waals surface area contributed by atoms with Crippen LogP contribution in [-0.2, 0) is 9.47 Å². The average Bonchev–Trinajstić information content (AvgIpc) is 2.68. The van der Waals surface area contributed by atoms with Crippen molar-refractivity contribution in [3.05, 3.63) is 0 Å². The lowest BCUT2D eigenvalue weighted by atomic mass is 9.98. The van der Waals surface area contributed by atoms with E-state index in [0.29, 0.717) is 6.04 Å². The molecule has 0 aromatic carbocycles. The Hall–Kier alpha value is -0.630. The van der Waals surface area contributed by atoms with Crippen LogP contribution in [0.3, 0.4) is 0 Å². The van der Waals surface area contributed by atoms with E-state index >= 15 is 0 Å². The molecule has 4 nitrogen and oxygen atoms in total. The topological polar surface area (TPSA) is 54.3 Å². The highest BCUT2D eigenvalue weighted by Gasteiger charge is 2.40. The van der Waals surface area contributed by atoms with Crippen molar-refractivity contribution in [2.75, 3.05) is 20.3 Å². The van der Waals surface area contributed by atoms with Gasteiger partial charge in [-0.25, -0.2) is 0 Å². The second kappa shape index (κ2) is 6.95. The van der Waals surface area contributed by atoms with Gasteiger partial charge in [-0.3, -0.25) is 5.32 Å². The van der Waals surface area contributed by atoms with Gasteiger partial charge >= 0.3 is 0 Å². The first-order chi connectivity index (χ1) is 8.12. The van der Waals surface area contributed by atoms with Gasteiger partial charge in [0.15, 0.2) is 0 Å². The van der Waals surface area contributed by atoms with Crippen LogP contribution >= 0.6 is 0 Å². The number of nitrogens with zero attached hydrogens (tertiary/aromatic N) is 1. The Morgan fingerprint density at radius 2 is 2.24 bits per heavy atom. The Morgan fingerprint density at radius 3 is 2.82 bits per heavy atom. The highest BCUT2D eigenvalue weighted by atomic mass is 16.5. The summed E-state index contributed by atoms with van der Waals surface area (Å²) in [5.74, 6) is 0. The quantitative estimate of drug-likeness (QED) is 0.690. The molecule has 0 spiro atoms. The molecule has 1 fully saturated rings. The maximum absolute atomic E-state index is 9.30. The van der Waals surface area contributed by atoms with Gasteiger partial charge in [0.05, 0.1) is 12.2 Å². The van der Waals surface area contributed by atoms with Crippen molar-refractivity contribution in [2.45, 2.75) is 57.2 Å². The van der Waals surface area contributed by atoms with E-state index in [4.69, 9.17) is 9.47 Å². The number of rotatable bonds is 7. The molecule has 1 aliphatic carbocycles. The molecule has 98 valence electrons. The van der Waals surface area contributed by atoms with E-state index in [-0.39, 0.29) is 11.6 Å². The minimum atomic E-state index is -0.375. The van der Waals surface area contributed by atoms with E-state index in [9.17, 15) is 5.26 Å².